The van der Waals surface area contributed by atoms with Gasteiger partial charge >= 0.3 is 0 Å². The molecule has 0 aliphatic carbocycles. The molecule has 2 aromatic heterocycles. The summed E-state index contributed by atoms with van der Waals surface area (Å²) >= 11 is 0. The van der Waals surface area contributed by atoms with Gasteiger partial charge in [0.05, 0.1) is 0 Å². The first-order valence-corrected chi connectivity index (χ1v) is 5.05. The van der Waals surface area contributed by atoms with E-state index in [1.165, 1.54) is 0 Å². The largest absolute Gasteiger partial charge is 0.366 e. The number of pyridine rings is 1. The summed E-state index contributed by atoms with van der Waals surface area (Å²) in [5, 5.41) is 1.92. The van der Waals surface area contributed by atoms with Crippen LogP contribution in [0.2, 0.25) is 0 Å². The Kier molecular flexibility index (Phi) is 1.74. The zero-order valence-corrected chi connectivity index (χ0v) is 8.55. The quantitative estimate of drug-likeness (QED) is 0.657. The highest BCUT2D eigenvalue weighted by Crippen LogP contribution is 2.20. The van der Waals surface area contributed by atoms with Crippen LogP contribution in [-0.2, 0) is 0 Å². The Balaban J connectivity index is 2.49. The fraction of sp³-hybridized carbons (Fsp3) is 0. The van der Waals surface area contributed by atoms with Crippen LogP contribution in [0.5, 0.6) is 0 Å². The third-order valence-corrected chi connectivity index (χ3v) is 2.79. The van der Waals surface area contributed by atoms with Crippen LogP contribution < -0.4 is 5.73 Å². The molecule has 0 saturated heterocycles. The van der Waals surface area contributed by atoms with Gasteiger partial charge in [-0.1, -0.05) is 12.1 Å². The minimum Gasteiger partial charge on any atom is -0.366 e. The number of hydrogen-bond acceptors (Lipinski definition) is 1. The van der Waals surface area contributed by atoms with Crippen LogP contribution in [0.4, 0.5) is 0 Å². The van der Waals surface area contributed by atoms with E-state index in [1.54, 1.807) is 6.07 Å². The molecule has 1 aromatic carbocycles. The van der Waals surface area contributed by atoms with Gasteiger partial charge in [0.2, 0.25) is 5.91 Å². The first-order valence-electron chi connectivity index (χ1n) is 5.05. The van der Waals surface area contributed by atoms with E-state index in [9.17, 15) is 4.79 Å². The molecular weight excluding hydrogens is 200 g/mol. The van der Waals surface area contributed by atoms with Crippen molar-refractivity contribution in [1.82, 2.24) is 4.40 Å². The molecule has 16 heavy (non-hydrogen) atoms. The lowest BCUT2D eigenvalue weighted by Gasteiger charge is -2.04. The van der Waals surface area contributed by atoms with E-state index in [0.29, 0.717) is 5.56 Å². The van der Waals surface area contributed by atoms with E-state index in [-0.39, 0.29) is 0 Å². The molecule has 3 rings (SSSR count). The summed E-state index contributed by atoms with van der Waals surface area (Å²) in [6.45, 7) is 0. The minimum atomic E-state index is -0.392. The molecule has 0 unspecified atom stereocenters. The average molecular weight is 210 g/mol. The molecule has 0 aliphatic rings. The second-order valence-electron chi connectivity index (χ2n) is 3.79. The first kappa shape index (κ1) is 8.97. The van der Waals surface area contributed by atoms with Crippen LogP contribution in [0.15, 0.2) is 48.8 Å². The Morgan fingerprint density at radius 3 is 2.88 bits per heavy atom. The van der Waals surface area contributed by atoms with E-state index >= 15 is 0 Å². The van der Waals surface area contributed by atoms with Crippen molar-refractivity contribution in [2.45, 2.75) is 0 Å². The maximum atomic E-state index is 11.3. The van der Waals surface area contributed by atoms with Gasteiger partial charge in [-0.25, -0.2) is 0 Å². The summed E-state index contributed by atoms with van der Waals surface area (Å²) < 4.78 is 1.98. The Morgan fingerprint density at radius 1 is 1.19 bits per heavy atom. The predicted octanol–water partition coefficient (Wildman–Crippen LogP) is 2.19. The molecule has 0 aliphatic heterocycles. The predicted molar refractivity (Wildman–Crippen MR) is 63.4 cm³/mol. The summed E-state index contributed by atoms with van der Waals surface area (Å²) in [7, 11) is 0. The van der Waals surface area contributed by atoms with Crippen molar-refractivity contribution in [3.63, 3.8) is 0 Å². The lowest BCUT2D eigenvalue weighted by Crippen LogP contribution is -2.11. The summed E-state index contributed by atoms with van der Waals surface area (Å²) in [6.07, 6.45) is 3.89. The summed E-state index contributed by atoms with van der Waals surface area (Å²) in [5.74, 6) is -0.392. The Hall–Kier alpha value is -2.29. The van der Waals surface area contributed by atoms with Gasteiger partial charge < -0.3 is 10.1 Å². The third-order valence-electron chi connectivity index (χ3n) is 2.79. The number of nitrogens with two attached hydrogens (primary N) is 1. The number of nitrogens with zero attached hydrogens (tertiary/aromatic N) is 1. The van der Waals surface area contributed by atoms with Crippen LogP contribution in [0.25, 0.3) is 16.3 Å². The second kappa shape index (κ2) is 3.10. The smallest absolute Gasteiger partial charge is 0.249 e. The van der Waals surface area contributed by atoms with Crippen LogP contribution in [0, 0.1) is 0 Å². The van der Waals surface area contributed by atoms with Crippen molar-refractivity contribution in [2.75, 3.05) is 0 Å². The van der Waals surface area contributed by atoms with Crippen molar-refractivity contribution >= 4 is 22.2 Å². The molecule has 3 nitrogen and oxygen atoms in total. The zero-order valence-electron chi connectivity index (χ0n) is 8.55. The number of carbonyl (C=O) groups excluding carboxylic acids is 1. The van der Waals surface area contributed by atoms with E-state index < -0.39 is 5.91 Å². The zero-order chi connectivity index (χ0) is 11.1. The van der Waals surface area contributed by atoms with Gasteiger partial charge in [0.1, 0.15) is 0 Å². The lowest BCUT2D eigenvalue weighted by molar-refractivity contribution is 0.100. The lowest BCUT2D eigenvalue weighted by atomic mass is 10.1. The number of carbonyl (C=O) groups is 1. The first-order chi connectivity index (χ1) is 7.75. The van der Waals surface area contributed by atoms with Gasteiger partial charge in [-0.05, 0) is 29.7 Å². The van der Waals surface area contributed by atoms with Gasteiger partial charge in [0, 0.05) is 28.9 Å². The van der Waals surface area contributed by atoms with Gasteiger partial charge in [-0.15, -0.1) is 0 Å². The Bertz CT molecular complexity index is 697. The molecule has 0 bridgehead atoms. The number of aromatic nitrogens is 1. The fourth-order valence-electron chi connectivity index (χ4n) is 2.01. The van der Waals surface area contributed by atoms with Crippen molar-refractivity contribution < 1.29 is 4.79 Å². The van der Waals surface area contributed by atoms with Gasteiger partial charge in [-0.2, -0.15) is 0 Å². The number of hydrogen-bond donors (Lipinski definition) is 1. The standard InChI is InChI=1S/C13H10N2O/c14-13(16)11-5-1-3-9-7-10-4-2-6-15(10)8-12(9)11/h1-8H,(H2,14,16). The maximum Gasteiger partial charge on any atom is 0.249 e. The van der Waals surface area contributed by atoms with Crippen molar-refractivity contribution in [3.05, 3.63) is 54.4 Å². The molecule has 2 N–H and O–H groups in total. The number of fused-ring (bicyclic) bond motifs is 2. The number of amides is 1. The van der Waals surface area contributed by atoms with Crippen LogP contribution >= 0.6 is 0 Å². The molecule has 0 spiro atoms. The number of primary amides is 1. The summed E-state index contributed by atoms with van der Waals surface area (Å²) in [5.41, 5.74) is 7.02. The van der Waals surface area contributed by atoms with Crippen LogP contribution in [-0.4, -0.2) is 10.3 Å². The van der Waals surface area contributed by atoms with Crippen molar-refractivity contribution in [1.29, 1.82) is 0 Å². The molecule has 2 heterocycles. The number of rotatable bonds is 1. The van der Waals surface area contributed by atoms with E-state index in [0.717, 1.165) is 16.3 Å². The molecule has 3 aromatic rings. The summed E-state index contributed by atoms with van der Waals surface area (Å²) in [4.78, 5) is 11.3. The SMILES string of the molecule is NC(=O)c1cccc2cc3cccn3cc12. The second-order valence-corrected chi connectivity index (χ2v) is 3.79. The van der Waals surface area contributed by atoms with E-state index in [2.05, 4.69) is 0 Å². The third kappa shape index (κ3) is 1.18. The van der Waals surface area contributed by atoms with Crippen molar-refractivity contribution in [2.24, 2.45) is 5.73 Å². The molecule has 78 valence electrons. The molecule has 0 fully saturated rings. The highest BCUT2D eigenvalue weighted by atomic mass is 16.1. The van der Waals surface area contributed by atoms with E-state index in [4.69, 9.17) is 5.73 Å². The highest BCUT2D eigenvalue weighted by Gasteiger charge is 2.06. The monoisotopic (exact) mass is 210 g/mol. The molecular formula is C13H10N2O. The average Bonchev–Trinajstić information content (AvgIpc) is 2.71. The molecule has 3 heteroatoms. The molecule has 0 atom stereocenters. The number of benzene rings is 1. The topological polar surface area (TPSA) is 47.5 Å². The van der Waals surface area contributed by atoms with Crippen LogP contribution in [0.3, 0.4) is 0 Å². The normalized spacial score (nSPS) is 11.0. The maximum absolute atomic E-state index is 11.3. The van der Waals surface area contributed by atoms with Gasteiger partial charge in [0.15, 0.2) is 0 Å². The van der Waals surface area contributed by atoms with Gasteiger partial charge in [-0.3, -0.25) is 4.79 Å². The molecule has 0 saturated carbocycles. The van der Waals surface area contributed by atoms with Crippen molar-refractivity contribution in [3.8, 4) is 0 Å². The molecule has 1 amide bonds. The minimum absolute atomic E-state index is 0.392. The highest BCUT2D eigenvalue weighted by molar-refractivity contribution is 6.06. The fourth-order valence-corrected chi connectivity index (χ4v) is 2.01. The summed E-state index contributed by atoms with van der Waals surface area (Å²) in [6, 6.07) is 11.6. The van der Waals surface area contributed by atoms with Gasteiger partial charge in [0.25, 0.3) is 0 Å². The Labute approximate surface area is 92.1 Å². The van der Waals surface area contributed by atoms with Crippen LogP contribution in [0.1, 0.15) is 10.4 Å². The Morgan fingerprint density at radius 2 is 2.06 bits per heavy atom. The molecule has 0 radical (unpaired) electrons. The van der Waals surface area contributed by atoms with E-state index in [1.807, 2.05) is 47.1 Å².